The molecule has 1 N–H and O–H groups in total. The van der Waals surface area contributed by atoms with Crippen LogP contribution in [0.15, 0.2) is 29.6 Å². The largest absolute Gasteiger partial charge is 0.356 e. The number of hydrogen-bond acceptors (Lipinski definition) is 7. The van der Waals surface area contributed by atoms with Crippen molar-refractivity contribution in [2.45, 2.75) is 31.7 Å². The summed E-state index contributed by atoms with van der Waals surface area (Å²) in [7, 11) is 0. The predicted molar refractivity (Wildman–Crippen MR) is 116 cm³/mol. The average molecular weight is 406 g/mol. The van der Waals surface area contributed by atoms with Crippen molar-refractivity contribution in [1.29, 1.82) is 0 Å². The van der Waals surface area contributed by atoms with E-state index in [1.165, 1.54) is 54.2 Å². The lowest BCUT2D eigenvalue weighted by Gasteiger charge is -2.37. The van der Waals surface area contributed by atoms with E-state index < -0.39 is 0 Å². The third kappa shape index (κ3) is 2.98. The Labute approximate surface area is 172 Å². The van der Waals surface area contributed by atoms with Crippen LogP contribution < -0.4 is 4.90 Å². The van der Waals surface area contributed by atoms with Crippen molar-refractivity contribution in [3.8, 4) is 11.4 Å². The highest BCUT2D eigenvalue weighted by Crippen LogP contribution is 2.37. The van der Waals surface area contributed by atoms with E-state index in [1.807, 2.05) is 0 Å². The number of likely N-dealkylation sites (tertiary alicyclic amines) is 1. The Balaban J connectivity index is 1.37. The van der Waals surface area contributed by atoms with E-state index in [-0.39, 0.29) is 0 Å². The second kappa shape index (κ2) is 7.03. The van der Waals surface area contributed by atoms with E-state index in [1.54, 1.807) is 11.3 Å². The summed E-state index contributed by atoms with van der Waals surface area (Å²) in [6.45, 7) is 4.73. The molecule has 0 unspecified atom stereocenters. The zero-order valence-corrected chi connectivity index (χ0v) is 17.0. The fourth-order valence-corrected chi connectivity index (χ4v) is 5.83. The SMILES string of the molecule is c1cc2c(N3CCC(N4CCCC4)CC3)nc3cc(-c4nnn[nH]4)ccc3c2s1. The van der Waals surface area contributed by atoms with Crippen molar-refractivity contribution >= 4 is 38.1 Å². The summed E-state index contributed by atoms with van der Waals surface area (Å²) < 4.78 is 1.31. The zero-order chi connectivity index (χ0) is 19.2. The number of fused-ring (bicyclic) bond motifs is 3. The molecule has 29 heavy (non-hydrogen) atoms. The molecule has 7 nitrogen and oxygen atoms in total. The van der Waals surface area contributed by atoms with Gasteiger partial charge in [0.1, 0.15) is 5.82 Å². The van der Waals surface area contributed by atoms with Crippen LogP contribution in [0.25, 0.3) is 32.4 Å². The zero-order valence-electron chi connectivity index (χ0n) is 16.2. The smallest absolute Gasteiger partial charge is 0.179 e. The second-order valence-electron chi connectivity index (χ2n) is 8.04. The number of benzene rings is 1. The maximum Gasteiger partial charge on any atom is 0.179 e. The minimum Gasteiger partial charge on any atom is -0.356 e. The molecule has 0 spiro atoms. The summed E-state index contributed by atoms with van der Waals surface area (Å²) >= 11 is 1.80. The summed E-state index contributed by atoms with van der Waals surface area (Å²) in [6, 6.07) is 9.27. The molecule has 4 aromatic rings. The first-order chi connectivity index (χ1) is 14.4. The maximum absolute atomic E-state index is 5.13. The molecule has 2 saturated heterocycles. The minimum atomic E-state index is 0.674. The van der Waals surface area contributed by atoms with Crippen LogP contribution in [0.3, 0.4) is 0 Å². The highest BCUT2D eigenvalue weighted by atomic mass is 32.1. The first kappa shape index (κ1) is 17.3. The van der Waals surface area contributed by atoms with Crippen LogP contribution in [-0.4, -0.2) is 62.7 Å². The molecule has 148 valence electrons. The minimum absolute atomic E-state index is 0.674. The van der Waals surface area contributed by atoms with Gasteiger partial charge in [-0.05, 0) is 66.7 Å². The van der Waals surface area contributed by atoms with Crippen LogP contribution in [0.5, 0.6) is 0 Å². The molecule has 2 fully saturated rings. The van der Waals surface area contributed by atoms with Gasteiger partial charge in [-0.3, -0.25) is 0 Å². The van der Waals surface area contributed by atoms with Gasteiger partial charge in [0.25, 0.3) is 0 Å². The van der Waals surface area contributed by atoms with E-state index in [0.29, 0.717) is 5.82 Å². The van der Waals surface area contributed by atoms with Crippen molar-refractivity contribution in [2.24, 2.45) is 0 Å². The number of aromatic nitrogens is 5. The Hall–Kier alpha value is -2.58. The second-order valence-corrected chi connectivity index (χ2v) is 8.96. The van der Waals surface area contributed by atoms with Gasteiger partial charge in [-0.2, -0.15) is 0 Å². The van der Waals surface area contributed by atoms with E-state index in [2.05, 4.69) is 60.1 Å². The number of pyridine rings is 1. The molecular weight excluding hydrogens is 382 g/mol. The standard InChI is InChI=1S/C21H23N7S/c1-2-9-27(8-1)15-5-10-28(11-6-15)21-17-7-12-29-19(17)16-4-3-14(13-18(16)22-21)20-23-25-26-24-20/h3-4,7,12-13,15H,1-2,5-6,8-11H2,(H,23,24,25,26). The molecule has 0 amide bonds. The molecule has 3 aromatic heterocycles. The quantitative estimate of drug-likeness (QED) is 0.560. The normalized spacial score (nSPS) is 19.0. The number of nitrogens with one attached hydrogen (secondary N) is 1. The molecule has 2 aliphatic heterocycles. The van der Waals surface area contributed by atoms with E-state index in [9.17, 15) is 0 Å². The van der Waals surface area contributed by atoms with E-state index in [4.69, 9.17) is 4.98 Å². The molecule has 5 heterocycles. The monoisotopic (exact) mass is 405 g/mol. The molecule has 6 rings (SSSR count). The Morgan fingerprint density at radius 1 is 1.00 bits per heavy atom. The Morgan fingerprint density at radius 2 is 1.86 bits per heavy atom. The van der Waals surface area contributed by atoms with Gasteiger partial charge in [0, 0.05) is 40.2 Å². The van der Waals surface area contributed by atoms with Crippen LogP contribution in [0.1, 0.15) is 25.7 Å². The van der Waals surface area contributed by atoms with Gasteiger partial charge in [-0.15, -0.1) is 16.4 Å². The fraction of sp³-hybridized carbons (Fsp3) is 0.429. The Kier molecular flexibility index (Phi) is 4.19. The number of thiophene rings is 1. The van der Waals surface area contributed by atoms with Crippen LogP contribution in [0.4, 0.5) is 5.82 Å². The maximum atomic E-state index is 5.13. The number of piperidine rings is 1. The van der Waals surface area contributed by atoms with E-state index in [0.717, 1.165) is 36.0 Å². The highest BCUT2D eigenvalue weighted by molar-refractivity contribution is 7.18. The van der Waals surface area contributed by atoms with Crippen LogP contribution >= 0.6 is 11.3 Å². The Morgan fingerprint density at radius 3 is 2.66 bits per heavy atom. The molecule has 8 heteroatoms. The summed E-state index contributed by atoms with van der Waals surface area (Å²) in [5.74, 6) is 1.80. The topological polar surface area (TPSA) is 73.8 Å². The van der Waals surface area contributed by atoms with E-state index >= 15 is 0 Å². The first-order valence-corrected chi connectivity index (χ1v) is 11.3. The van der Waals surface area contributed by atoms with Crippen LogP contribution in [0, 0.1) is 0 Å². The van der Waals surface area contributed by atoms with Crippen molar-refractivity contribution in [1.82, 2.24) is 30.5 Å². The molecule has 2 aliphatic rings. The lowest BCUT2D eigenvalue weighted by molar-refractivity contribution is 0.208. The van der Waals surface area contributed by atoms with Gasteiger partial charge in [-0.1, -0.05) is 12.1 Å². The van der Waals surface area contributed by atoms with Crippen LogP contribution in [0.2, 0.25) is 0 Å². The number of H-pyrrole nitrogens is 1. The third-order valence-corrected chi connectivity index (χ3v) is 7.36. The predicted octanol–water partition coefficient (Wildman–Crippen LogP) is 3.69. The van der Waals surface area contributed by atoms with Gasteiger partial charge in [-0.25, -0.2) is 10.1 Å². The summed E-state index contributed by atoms with van der Waals surface area (Å²) in [5.41, 5.74) is 1.97. The van der Waals surface area contributed by atoms with Crippen molar-refractivity contribution < 1.29 is 0 Å². The van der Waals surface area contributed by atoms with Gasteiger partial charge in [0.2, 0.25) is 0 Å². The molecule has 0 bridgehead atoms. The first-order valence-electron chi connectivity index (χ1n) is 10.4. The van der Waals surface area contributed by atoms with Crippen molar-refractivity contribution in [2.75, 3.05) is 31.1 Å². The summed E-state index contributed by atoms with van der Waals surface area (Å²) in [6.07, 6.45) is 5.19. The number of tetrazole rings is 1. The number of nitrogens with zero attached hydrogens (tertiary/aromatic N) is 6. The highest BCUT2D eigenvalue weighted by Gasteiger charge is 2.28. The molecule has 0 atom stereocenters. The fourth-order valence-electron chi connectivity index (χ4n) is 4.90. The van der Waals surface area contributed by atoms with Crippen molar-refractivity contribution in [3.63, 3.8) is 0 Å². The van der Waals surface area contributed by atoms with Gasteiger partial charge < -0.3 is 9.80 Å². The average Bonchev–Trinajstić information content (AvgIpc) is 3.55. The summed E-state index contributed by atoms with van der Waals surface area (Å²) in [4.78, 5) is 10.3. The van der Waals surface area contributed by atoms with Gasteiger partial charge in [0.05, 0.1) is 5.52 Å². The molecule has 1 aromatic carbocycles. The lowest BCUT2D eigenvalue weighted by Crippen LogP contribution is -2.44. The number of aromatic amines is 1. The third-order valence-electron chi connectivity index (χ3n) is 6.41. The van der Waals surface area contributed by atoms with Crippen molar-refractivity contribution in [3.05, 3.63) is 29.6 Å². The molecule has 0 radical (unpaired) electrons. The van der Waals surface area contributed by atoms with Gasteiger partial charge in [0.15, 0.2) is 5.82 Å². The molecule has 0 aliphatic carbocycles. The van der Waals surface area contributed by atoms with Gasteiger partial charge >= 0.3 is 0 Å². The Bertz CT molecular complexity index is 1140. The molecular formula is C21H23N7S. The number of hydrogen-bond donors (Lipinski definition) is 1. The molecule has 0 saturated carbocycles. The number of rotatable bonds is 3. The number of anilines is 1. The summed E-state index contributed by atoms with van der Waals surface area (Å²) in [5, 5.41) is 18.9. The lowest BCUT2D eigenvalue weighted by atomic mass is 10.0. The van der Waals surface area contributed by atoms with Crippen LogP contribution in [-0.2, 0) is 0 Å².